The van der Waals surface area contributed by atoms with Crippen molar-refractivity contribution < 1.29 is 19.4 Å². The smallest absolute Gasteiger partial charge is 0.335 e. The minimum atomic E-state index is -0.897. The zero-order valence-electron chi connectivity index (χ0n) is 12.9. The molecule has 0 aliphatic heterocycles. The van der Waals surface area contributed by atoms with Crippen LogP contribution in [0.2, 0.25) is 0 Å². The van der Waals surface area contributed by atoms with Gasteiger partial charge in [-0.1, -0.05) is 12.1 Å². The molecule has 0 fully saturated rings. The molecule has 0 aliphatic rings. The molecule has 5 heteroatoms. The van der Waals surface area contributed by atoms with Crippen LogP contribution in [-0.2, 0) is 16.0 Å². The highest BCUT2D eigenvalue weighted by Gasteiger charge is 2.07. The van der Waals surface area contributed by atoms with Crippen LogP contribution in [0.3, 0.4) is 0 Å². The molecule has 1 aromatic rings. The van der Waals surface area contributed by atoms with Crippen molar-refractivity contribution in [1.82, 2.24) is 4.90 Å². The summed E-state index contributed by atoms with van der Waals surface area (Å²) in [5, 5.41) is 8.90. The van der Waals surface area contributed by atoms with Crippen LogP contribution < -0.4 is 0 Å². The zero-order chi connectivity index (χ0) is 15.5. The summed E-state index contributed by atoms with van der Waals surface area (Å²) in [4.78, 5) is 13.1. The standard InChI is InChI=1S/C16H25NO4/c1-3-20-11-9-17(10-12-21-4-2)13-14-5-7-15(8-6-14)16(18)19/h5-8H,3-4,9-13H2,1-2H3,(H,18,19). The summed E-state index contributed by atoms with van der Waals surface area (Å²) in [6.07, 6.45) is 0. The number of carboxylic acid groups (broad SMARTS) is 1. The minimum absolute atomic E-state index is 0.314. The molecule has 1 rings (SSSR count). The molecule has 5 nitrogen and oxygen atoms in total. The van der Waals surface area contributed by atoms with E-state index in [9.17, 15) is 4.79 Å². The number of nitrogens with zero attached hydrogens (tertiary/aromatic N) is 1. The van der Waals surface area contributed by atoms with Crippen molar-refractivity contribution in [3.05, 3.63) is 35.4 Å². The van der Waals surface area contributed by atoms with Gasteiger partial charge in [-0.2, -0.15) is 0 Å². The van der Waals surface area contributed by atoms with Gasteiger partial charge in [0.25, 0.3) is 0 Å². The highest BCUT2D eigenvalue weighted by Crippen LogP contribution is 2.08. The van der Waals surface area contributed by atoms with Crippen molar-refractivity contribution in [2.24, 2.45) is 0 Å². The first kappa shape index (κ1) is 17.6. The molecule has 0 atom stereocenters. The molecule has 118 valence electrons. The number of rotatable bonds is 11. The van der Waals surface area contributed by atoms with E-state index in [2.05, 4.69) is 4.90 Å². The highest BCUT2D eigenvalue weighted by atomic mass is 16.5. The Hall–Kier alpha value is -1.43. The van der Waals surface area contributed by atoms with E-state index in [4.69, 9.17) is 14.6 Å². The third-order valence-corrected chi connectivity index (χ3v) is 3.12. The lowest BCUT2D eigenvalue weighted by atomic mass is 10.1. The summed E-state index contributed by atoms with van der Waals surface area (Å²) in [5.74, 6) is -0.897. The van der Waals surface area contributed by atoms with E-state index in [-0.39, 0.29) is 0 Å². The zero-order valence-corrected chi connectivity index (χ0v) is 12.9. The molecule has 0 radical (unpaired) electrons. The van der Waals surface area contributed by atoms with Crippen LogP contribution in [-0.4, -0.2) is 55.5 Å². The first-order chi connectivity index (χ1) is 10.2. The Morgan fingerprint density at radius 1 is 1.05 bits per heavy atom. The number of carboxylic acids is 1. The number of hydrogen-bond donors (Lipinski definition) is 1. The lowest BCUT2D eigenvalue weighted by molar-refractivity contribution is 0.0697. The van der Waals surface area contributed by atoms with Crippen molar-refractivity contribution in [3.8, 4) is 0 Å². The predicted octanol–water partition coefficient (Wildman–Crippen LogP) is 2.26. The van der Waals surface area contributed by atoms with Gasteiger partial charge in [-0.15, -0.1) is 0 Å². The molecule has 0 heterocycles. The number of benzene rings is 1. The normalized spacial score (nSPS) is 11.0. The summed E-state index contributed by atoms with van der Waals surface area (Å²) in [5.41, 5.74) is 1.40. The van der Waals surface area contributed by atoms with Crippen LogP contribution in [0.15, 0.2) is 24.3 Å². The molecule has 0 aliphatic carbocycles. The van der Waals surface area contributed by atoms with Crippen molar-refractivity contribution in [3.63, 3.8) is 0 Å². The summed E-state index contributed by atoms with van der Waals surface area (Å²) in [6.45, 7) is 9.21. The van der Waals surface area contributed by atoms with Gasteiger partial charge in [0.15, 0.2) is 0 Å². The van der Waals surface area contributed by atoms with E-state index in [1.54, 1.807) is 12.1 Å². The van der Waals surface area contributed by atoms with Crippen LogP contribution in [0.4, 0.5) is 0 Å². The molecule has 0 amide bonds. The number of carbonyl (C=O) groups is 1. The van der Waals surface area contributed by atoms with Gasteiger partial charge in [0.1, 0.15) is 0 Å². The third-order valence-electron chi connectivity index (χ3n) is 3.12. The number of hydrogen-bond acceptors (Lipinski definition) is 4. The number of ether oxygens (including phenoxy) is 2. The molecule has 0 aromatic heterocycles. The van der Waals surface area contributed by atoms with E-state index in [1.807, 2.05) is 26.0 Å². The van der Waals surface area contributed by atoms with Gasteiger partial charge in [-0.3, -0.25) is 4.90 Å². The van der Waals surface area contributed by atoms with E-state index in [1.165, 1.54) is 0 Å². The van der Waals surface area contributed by atoms with Crippen LogP contribution in [0.1, 0.15) is 29.8 Å². The second kappa shape index (κ2) is 10.3. The van der Waals surface area contributed by atoms with Crippen molar-refractivity contribution in [1.29, 1.82) is 0 Å². The molecule has 0 saturated carbocycles. The quantitative estimate of drug-likeness (QED) is 0.635. The van der Waals surface area contributed by atoms with E-state index in [0.717, 1.165) is 25.2 Å². The molecule has 0 bridgehead atoms. The Bertz CT molecular complexity index is 395. The second-order valence-corrected chi connectivity index (χ2v) is 4.67. The maximum atomic E-state index is 10.8. The van der Waals surface area contributed by atoms with Gasteiger partial charge in [-0.25, -0.2) is 4.79 Å². The van der Waals surface area contributed by atoms with Crippen LogP contribution in [0.5, 0.6) is 0 Å². The van der Waals surface area contributed by atoms with E-state index in [0.29, 0.717) is 32.0 Å². The Morgan fingerprint density at radius 2 is 1.57 bits per heavy atom. The number of aromatic carboxylic acids is 1. The SMILES string of the molecule is CCOCCN(CCOCC)Cc1ccc(C(=O)O)cc1. The molecule has 1 aromatic carbocycles. The second-order valence-electron chi connectivity index (χ2n) is 4.67. The van der Waals surface area contributed by atoms with Crippen molar-refractivity contribution in [2.75, 3.05) is 39.5 Å². The van der Waals surface area contributed by atoms with Gasteiger partial charge in [0.05, 0.1) is 18.8 Å². The van der Waals surface area contributed by atoms with E-state index < -0.39 is 5.97 Å². The largest absolute Gasteiger partial charge is 0.478 e. The van der Waals surface area contributed by atoms with Crippen molar-refractivity contribution >= 4 is 5.97 Å². The Kier molecular flexibility index (Phi) is 8.66. The molecule has 1 N–H and O–H groups in total. The highest BCUT2D eigenvalue weighted by molar-refractivity contribution is 5.87. The topological polar surface area (TPSA) is 59.0 Å². The summed E-state index contributed by atoms with van der Waals surface area (Å²) in [6, 6.07) is 7.00. The van der Waals surface area contributed by atoms with Gasteiger partial charge >= 0.3 is 5.97 Å². The fraction of sp³-hybridized carbons (Fsp3) is 0.562. The van der Waals surface area contributed by atoms with Gasteiger partial charge in [-0.05, 0) is 31.5 Å². The van der Waals surface area contributed by atoms with Gasteiger partial charge in [0.2, 0.25) is 0 Å². The fourth-order valence-corrected chi connectivity index (χ4v) is 1.96. The Labute approximate surface area is 126 Å². The Morgan fingerprint density at radius 3 is 2.00 bits per heavy atom. The fourth-order valence-electron chi connectivity index (χ4n) is 1.96. The average molecular weight is 295 g/mol. The average Bonchev–Trinajstić information content (AvgIpc) is 2.48. The van der Waals surface area contributed by atoms with Crippen LogP contribution in [0.25, 0.3) is 0 Å². The van der Waals surface area contributed by atoms with Crippen LogP contribution >= 0.6 is 0 Å². The first-order valence-corrected chi connectivity index (χ1v) is 7.37. The molecule has 0 spiro atoms. The molecule has 0 unspecified atom stereocenters. The molecular weight excluding hydrogens is 270 g/mol. The first-order valence-electron chi connectivity index (χ1n) is 7.37. The lowest BCUT2D eigenvalue weighted by Crippen LogP contribution is -2.30. The lowest BCUT2D eigenvalue weighted by Gasteiger charge is -2.22. The predicted molar refractivity (Wildman–Crippen MR) is 81.7 cm³/mol. The molecule has 21 heavy (non-hydrogen) atoms. The summed E-state index contributed by atoms with van der Waals surface area (Å²) in [7, 11) is 0. The van der Waals surface area contributed by atoms with Crippen molar-refractivity contribution in [2.45, 2.75) is 20.4 Å². The third kappa shape index (κ3) is 7.22. The van der Waals surface area contributed by atoms with E-state index >= 15 is 0 Å². The maximum Gasteiger partial charge on any atom is 0.335 e. The van der Waals surface area contributed by atoms with Gasteiger partial charge in [0, 0.05) is 32.8 Å². The van der Waals surface area contributed by atoms with Crippen LogP contribution in [0, 0.1) is 0 Å². The minimum Gasteiger partial charge on any atom is -0.478 e. The molecule has 0 saturated heterocycles. The maximum absolute atomic E-state index is 10.8. The van der Waals surface area contributed by atoms with Gasteiger partial charge < -0.3 is 14.6 Å². The molecular formula is C16H25NO4. The summed E-state index contributed by atoms with van der Waals surface area (Å²) < 4.78 is 10.8. The Balaban J connectivity index is 2.54. The summed E-state index contributed by atoms with van der Waals surface area (Å²) >= 11 is 0. The monoisotopic (exact) mass is 295 g/mol.